The molecule has 0 saturated carbocycles. The first kappa shape index (κ1) is 20.7. The number of carbonyl (C=O) groups excluding carboxylic acids is 1. The summed E-state index contributed by atoms with van der Waals surface area (Å²) in [5.74, 6) is -0.0883. The van der Waals surface area contributed by atoms with Crippen LogP contribution in [-0.4, -0.2) is 16.7 Å². The Morgan fingerprint density at radius 3 is 2.42 bits per heavy atom. The van der Waals surface area contributed by atoms with E-state index in [9.17, 15) is 4.79 Å². The largest absolute Gasteiger partial charge is 0.342 e. The maximum Gasteiger partial charge on any atom is 0.240 e. The first-order chi connectivity index (χ1) is 16.3. The number of aromatic nitrogens is 1. The summed E-state index contributed by atoms with van der Waals surface area (Å²) in [6.07, 6.45) is 4.95. The van der Waals surface area contributed by atoms with Crippen LogP contribution < -0.4 is 5.43 Å². The molecule has 33 heavy (non-hydrogen) atoms. The van der Waals surface area contributed by atoms with Crippen LogP contribution in [0.1, 0.15) is 23.1 Å². The number of amides is 1. The van der Waals surface area contributed by atoms with E-state index in [2.05, 4.69) is 75.9 Å². The van der Waals surface area contributed by atoms with E-state index < -0.39 is 0 Å². The normalized spacial score (nSPS) is 11.4. The second kappa shape index (κ2) is 9.53. The molecule has 0 aliphatic carbocycles. The summed E-state index contributed by atoms with van der Waals surface area (Å²) < 4.78 is 2.25. The van der Waals surface area contributed by atoms with Gasteiger partial charge >= 0.3 is 0 Å². The molecule has 1 amide bonds. The SMILES string of the molecule is O=C(CCc1ccccc1)N/N=C\c1cn(Cc2cccc3ccccc23)c2ccccc12. The van der Waals surface area contributed by atoms with Gasteiger partial charge in [-0.15, -0.1) is 0 Å². The van der Waals surface area contributed by atoms with Gasteiger partial charge in [-0.25, -0.2) is 5.43 Å². The monoisotopic (exact) mass is 431 g/mol. The van der Waals surface area contributed by atoms with Crippen LogP contribution in [0.4, 0.5) is 0 Å². The molecule has 1 heterocycles. The third-order valence-corrected chi connectivity index (χ3v) is 5.92. The number of hydrogen-bond donors (Lipinski definition) is 1. The lowest BCUT2D eigenvalue weighted by molar-refractivity contribution is -0.121. The average Bonchev–Trinajstić information content (AvgIpc) is 3.21. The summed E-state index contributed by atoms with van der Waals surface area (Å²) in [6.45, 7) is 0.763. The van der Waals surface area contributed by atoms with E-state index in [1.54, 1.807) is 6.21 Å². The van der Waals surface area contributed by atoms with Gasteiger partial charge in [0.2, 0.25) is 5.91 Å². The summed E-state index contributed by atoms with van der Waals surface area (Å²) in [6, 6.07) is 33.2. The maximum absolute atomic E-state index is 12.2. The molecule has 4 nitrogen and oxygen atoms in total. The summed E-state index contributed by atoms with van der Waals surface area (Å²) in [5, 5.41) is 7.85. The molecule has 0 fully saturated rings. The molecule has 5 rings (SSSR count). The fourth-order valence-corrected chi connectivity index (χ4v) is 4.26. The van der Waals surface area contributed by atoms with E-state index in [1.807, 2.05) is 42.5 Å². The number of nitrogens with zero attached hydrogens (tertiary/aromatic N) is 2. The molecule has 0 saturated heterocycles. The third kappa shape index (κ3) is 4.70. The Balaban J connectivity index is 1.33. The highest BCUT2D eigenvalue weighted by Gasteiger charge is 2.09. The van der Waals surface area contributed by atoms with E-state index in [1.165, 1.54) is 16.3 Å². The van der Waals surface area contributed by atoms with Gasteiger partial charge in [-0.2, -0.15) is 5.10 Å². The lowest BCUT2D eigenvalue weighted by Crippen LogP contribution is -2.17. The molecule has 162 valence electrons. The summed E-state index contributed by atoms with van der Waals surface area (Å²) in [5.41, 5.74) is 7.21. The molecule has 0 spiro atoms. The zero-order valence-electron chi connectivity index (χ0n) is 18.3. The first-order valence-electron chi connectivity index (χ1n) is 11.2. The number of rotatable bonds is 7. The molecule has 4 aromatic carbocycles. The second-order valence-corrected chi connectivity index (χ2v) is 8.15. The Labute approximate surface area is 193 Å². The predicted molar refractivity (Wildman–Crippen MR) is 135 cm³/mol. The zero-order chi connectivity index (χ0) is 22.5. The maximum atomic E-state index is 12.2. The van der Waals surface area contributed by atoms with Crippen LogP contribution in [0.15, 0.2) is 108 Å². The van der Waals surface area contributed by atoms with Crippen molar-refractivity contribution in [1.82, 2.24) is 9.99 Å². The van der Waals surface area contributed by atoms with Crippen LogP contribution in [0, 0.1) is 0 Å². The second-order valence-electron chi connectivity index (χ2n) is 8.15. The van der Waals surface area contributed by atoms with E-state index in [0.717, 1.165) is 28.6 Å². The zero-order valence-corrected chi connectivity index (χ0v) is 18.3. The molecule has 5 aromatic rings. The van der Waals surface area contributed by atoms with Crippen LogP contribution in [0.2, 0.25) is 0 Å². The van der Waals surface area contributed by atoms with Crippen molar-refractivity contribution in [3.8, 4) is 0 Å². The van der Waals surface area contributed by atoms with Crippen molar-refractivity contribution >= 4 is 33.8 Å². The van der Waals surface area contributed by atoms with Crippen LogP contribution in [0.3, 0.4) is 0 Å². The summed E-state index contributed by atoms with van der Waals surface area (Å²) in [7, 11) is 0. The van der Waals surface area contributed by atoms with Crippen molar-refractivity contribution in [2.75, 3.05) is 0 Å². The van der Waals surface area contributed by atoms with E-state index in [0.29, 0.717) is 12.8 Å². The Hall–Kier alpha value is -4.18. The minimum Gasteiger partial charge on any atom is -0.342 e. The van der Waals surface area contributed by atoms with Gasteiger partial charge in [0, 0.05) is 35.6 Å². The quantitative estimate of drug-likeness (QED) is 0.252. The van der Waals surface area contributed by atoms with Gasteiger partial charge in [-0.3, -0.25) is 4.79 Å². The third-order valence-electron chi connectivity index (χ3n) is 5.92. The van der Waals surface area contributed by atoms with Crippen molar-refractivity contribution in [2.45, 2.75) is 19.4 Å². The van der Waals surface area contributed by atoms with Gasteiger partial charge in [0.1, 0.15) is 0 Å². The Morgan fingerprint density at radius 2 is 1.55 bits per heavy atom. The van der Waals surface area contributed by atoms with E-state index in [-0.39, 0.29) is 5.91 Å². The Morgan fingerprint density at radius 1 is 0.818 bits per heavy atom. The minimum atomic E-state index is -0.0883. The van der Waals surface area contributed by atoms with Crippen LogP contribution in [-0.2, 0) is 17.8 Å². The van der Waals surface area contributed by atoms with E-state index in [4.69, 9.17) is 0 Å². The van der Waals surface area contributed by atoms with Crippen LogP contribution in [0.5, 0.6) is 0 Å². The molecule has 1 N–H and O–H groups in total. The number of hydrazone groups is 1. The molecule has 0 radical (unpaired) electrons. The van der Waals surface area contributed by atoms with Crippen LogP contribution >= 0.6 is 0 Å². The van der Waals surface area contributed by atoms with Crippen molar-refractivity contribution < 1.29 is 4.79 Å². The molecule has 4 heteroatoms. The Bertz CT molecular complexity index is 1430. The standard InChI is InChI=1S/C29H25N3O/c33-29(18-17-22-9-2-1-3-10-22)31-30-19-25-21-32(28-16-7-6-15-27(25)28)20-24-13-8-12-23-11-4-5-14-26(23)24/h1-16,19,21H,17-18,20H2,(H,31,33)/b30-19-. The van der Waals surface area contributed by atoms with Gasteiger partial charge in [-0.05, 0) is 34.4 Å². The number of hydrogen-bond acceptors (Lipinski definition) is 2. The molecule has 0 bridgehead atoms. The lowest BCUT2D eigenvalue weighted by Gasteiger charge is -2.09. The fraction of sp³-hybridized carbons (Fsp3) is 0.103. The molecular weight excluding hydrogens is 406 g/mol. The highest BCUT2D eigenvalue weighted by Crippen LogP contribution is 2.24. The van der Waals surface area contributed by atoms with Gasteiger partial charge in [0.25, 0.3) is 0 Å². The minimum absolute atomic E-state index is 0.0883. The van der Waals surface area contributed by atoms with E-state index >= 15 is 0 Å². The molecule has 1 aromatic heterocycles. The molecule has 0 aliphatic rings. The van der Waals surface area contributed by atoms with Gasteiger partial charge in [0.15, 0.2) is 0 Å². The fourth-order valence-electron chi connectivity index (χ4n) is 4.26. The lowest BCUT2D eigenvalue weighted by atomic mass is 10.0. The molecule has 0 unspecified atom stereocenters. The highest BCUT2D eigenvalue weighted by atomic mass is 16.2. The number of benzene rings is 4. The molecule has 0 atom stereocenters. The number of carbonyl (C=O) groups is 1. The number of nitrogens with one attached hydrogen (secondary N) is 1. The highest BCUT2D eigenvalue weighted by molar-refractivity contribution is 6.00. The molecular formula is C29H25N3O. The number of para-hydroxylation sites is 1. The van der Waals surface area contributed by atoms with Crippen molar-refractivity contribution in [1.29, 1.82) is 0 Å². The molecule has 0 aliphatic heterocycles. The number of aryl methyl sites for hydroxylation is 1. The van der Waals surface area contributed by atoms with Gasteiger partial charge < -0.3 is 4.57 Å². The smallest absolute Gasteiger partial charge is 0.240 e. The van der Waals surface area contributed by atoms with Crippen molar-refractivity contribution in [3.05, 3.63) is 120 Å². The first-order valence-corrected chi connectivity index (χ1v) is 11.2. The topological polar surface area (TPSA) is 46.4 Å². The number of fused-ring (bicyclic) bond motifs is 2. The van der Waals surface area contributed by atoms with Crippen LogP contribution in [0.25, 0.3) is 21.7 Å². The van der Waals surface area contributed by atoms with Gasteiger partial charge in [-0.1, -0.05) is 91.0 Å². The summed E-state index contributed by atoms with van der Waals surface area (Å²) >= 11 is 0. The average molecular weight is 432 g/mol. The van der Waals surface area contributed by atoms with Crippen molar-refractivity contribution in [3.63, 3.8) is 0 Å². The summed E-state index contributed by atoms with van der Waals surface area (Å²) in [4.78, 5) is 12.2. The van der Waals surface area contributed by atoms with Gasteiger partial charge in [0.05, 0.1) is 6.21 Å². The Kier molecular flexibility index (Phi) is 5.98. The predicted octanol–water partition coefficient (Wildman–Crippen LogP) is 5.93. The van der Waals surface area contributed by atoms with Crippen molar-refractivity contribution in [2.24, 2.45) is 5.10 Å².